The molecule has 164 valence electrons. The molecule has 0 spiro atoms. The molecule has 10 heteroatoms. The minimum Gasteiger partial charge on any atom is -0.353 e. The highest BCUT2D eigenvalue weighted by Gasteiger charge is 2.25. The summed E-state index contributed by atoms with van der Waals surface area (Å²) in [7, 11) is 1.78. The van der Waals surface area contributed by atoms with Crippen molar-refractivity contribution in [2.24, 2.45) is 4.99 Å². The molecule has 1 fully saturated rings. The Morgan fingerprint density at radius 2 is 2.10 bits per heavy atom. The van der Waals surface area contributed by atoms with Crippen LogP contribution in [0.4, 0.5) is 5.82 Å². The van der Waals surface area contributed by atoms with Gasteiger partial charge in [0.05, 0.1) is 5.02 Å². The molecule has 0 amide bonds. The average molecular weight is 553 g/mol. The topological polar surface area (TPSA) is 83.3 Å². The summed E-state index contributed by atoms with van der Waals surface area (Å²) in [6.07, 6.45) is 8.32. The summed E-state index contributed by atoms with van der Waals surface area (Å²) in [5.41, 5.74) is 1.08. The second-order valence-corrected chi connectivity index (χ2v) is 7.59. The molecule has 8 nitrogen and oxygen atoms in total. The van der Waals surface area contributed by atoms with Crippen LogP contribution in [0.25, 0.3) is 5.82 Å². The number of anilines is 1. The standard InChI is InChI=1S/C21H25ClN8.HI/c1-15-24-9-11-30(15)19-6-5-16(12-26-19)13-27-21(23-2)28-17-7-10-29(14-17)20-18(22)4-3-8-25-20;/h3-6,8-9,11-12,17H,7,10,13-14H2,1-2H3,(H2,23,27,28);1H. The largest absolute Gasteiger partial charge is 0.353 e. The lowest BCUT2D eigenvalue weighted by atomic mass is 10.2. The van der Waals surface area contributed by atoms with Crippen LogP contribution in [0, 0.1) is 6.92 Å². The number of aryl methyl sites for hydroxylation is 1. The highest BCUT2D eigenvalue weighted by atomic mass is 127. The van der Waals surface area contributed by atoms with Crippen molar-refractivity contribution in [3.63, 3.8) is 0 Å². The number of hydrogen-bond donors (Lipinski definition) is 2. The summed E-state index contributed by atoms with van der Waals surface area (Å²) in [4.78, 5) is 19.7. The van der Waals surface area contributed by atoms with E-state index in [-0.39, 0.29) is 30.0 Å². The molecule has 1 aliphatic rings. The maximum Gasteiger partial charge on any atom is 0.191 e. The summed E-state index contributed by atoms with van der Waals surface area (Å²) < 4.78 is 1.96. The van der Waals surface area contributed by atoms with Crippen molar-refractivity contribution in [2.75, 3.05) is 25.0 Å². The maximum absolute atomic E-state index is 6.28. The third kappa shape index (κ3) is 5.65. The number of rotatable bonds is 5. The summed E-state index contributed by atoms with van der Waals surface area (Å²) in [6, 6.07) is 8.05. The molecule has 1 aliphatic heterocycles. The Bertz CT molecular complexity index is 1020. The SMILES string of the molecule is CN=C(NCc1ccc(-n2ccnc2C)nc1)NC1CCN(c2ncccc2Cl)C1.I. The molecule has 3 aromatic rings. The van der Waals surface area contributed by atoms with Gasteiger partial charge in [0.2, 0.25) is 0 Å². The molecule has 0 saturated carbocycles. The fourth-order valence-electron chi connectivity index (χ4n) is 3.54. The van der Waals surface area contributed by atoms with E-state index in [0.29, 0.717) is 11.6 Å². The molecule has 1 saturated heterocycles. The van der Waals surface area contributed by atoms with Crippen molar-refractivity contribution >= 4 is 47.4 Å². The van der Waals surface area contributed by atoms with E-state index in [1.807, 2.05) is 42.1 Å². The highest BCUT2D eigenvalue weighted by Crippen LogP contribution is 2.25. The zero-order valence-corrected chi connectivity index (χ0v) is 20.6. The maximum atomic E-state index is 6.28. The van der Waals surface area contributed by atoms with Gasteiger partial charge in [-0.2, -0.15) is 0 Å². The first-order valence-electron chi connectivity index (χ1n) is 9.92. The normalized spacial score (nSPS) is 16.2. The van der Waals surface area contributed by atoms with Crippen molar-refractivity contribution in [1.29, 1.82) is 0 Å². The Kier molecular flexibility index (Phi) is 8.08. The van der Waals surface area contributed by atoms with Gasteiger partial charge in [-0.05, 0) is 37.1 Å². The smallest absolute Gasteiger partial charge is 0.191 e. The van der Waals surface area contributed by atoms with Crippen molar-refractivity contribution in [1.82, 2.24) is 30.2 Å². The van der Waals surface area contributed by atoms with Crippen LogP contribution in [0.1, 0.15) is 17.8 Å². The van der Waals surface area contributed by atoms with Crippen molar-refractivity contribution < 1.29 is 0 Å². The molecule has 2 N–H and O–H groups in total. The van der Waals surface area contributed by atoms with Gasteiger partial charge in [0.1, 0.15) is 17.5 Å². The minimum absolute atomic E-state index is 0. The van der Waals surface area contributed by atoms with Gasteiger partial charge >= 0.3 is 0 Å². The first-order chi connectivity index (χ1) is 14.6. The number of imidazole rings is 1. The fourth-order valence-corrected chi connectivity index (χ4v) is 3.78. The van der Waals surface area contributed by atoms with E-state index in [1.54, 1.807) is 19.4 Å². The molecule has 0 radical (unpaired) electrons. The first-order valence-corrected chi connectivity index (χ1v) is 10.3. The number of aromatic nitrogens is 4. The Balaban J connectivity index is 0.00000272. The third-order valence-electron chi connectivity index (χ3n) is 5.13. The predicted octanol–water partition coefficient (Wildman–Crippen LogP) is 3.19. The number of hydrogen-bond acceptors (Lipinski definition) is 5. The number of nitrogens with one attached hydrogen (secondary N) is 2. The van der Waals surface area contributed by atoms with Gasteiger partial charge in [-0.15, -0.1) is 24.0 Å². The quantitative estimate of drug-likeness (QED) is 0.287. The molecule has 31 heavy (non-hydrogen) atoms. The van der Waals surface area contributed by atoms with E-state index in [2.05, 4.69) is 41.5 Å². The lowest BCUT2D eigenvalue weighted by Crippen LogP contribution is -2.44. The molecule has 4 rings (SSSR count). The lowest BCUT2D eigenvalue weighted by molar-refractivity contribution is 0.648. The van der Waals surface area contributed by atoms with Gasteiger partial charge in [0, 0.05) is 57.5 Å². The second kappa shape index (κ2) is 10.8. The van der Waals surface area contributed by atoms with Crippen LogP contribution in [0.15, 0.2) is 54.0 Å². The number of aliphatic imine (C=N–C) groups is 1. The molecule has 0 aliphatic carbocycles. The zero-order valence-electron chi connectivity index (χ0n) is 17.5. The number of pyridine rings is 2. The second-order valence-electron chi connectivity index (χ2n) is 7.18. The van der Waals surface area contributed by atoms with Crippen molar-refractivity contribution in [3.8, 4) is 5.82 Å². The Hall–Kier alpha value is -2.40. The van der Waals surface area contributed by atoms with E-state index in [4.69, 9.17) is 11.6 Å². The molecule has 0 bridgehead atoms. The molecule has 4 heterocycles. The van der Waals surface area contributed by atoms with Crippen LogP contribution >= 0.6 is 35.6 Å². The van der Waals surface area contributed by atoms with Crippen LogP contribution in [0.2, 0.25) is 5.02 Å². The molecule has 1 atom stereocenters. The zero-order chi connectivity index (χ0) is 20.9. The fraction of sp³-hybridized carbons (Fsp3) is 0.333. The van der Waals surface area contributed by atoms with E-state index in [9.17, 15) is 0 Å². The van der Waals surface area contributed by atoms with Gasteiger partial charge in [-0.3, -0.25) is 9.56 Å². The summed E-state index contributed by atoms with van der Waals surface area (Å²) in [5.74, 6) is 3.38. The Morgan fingerprint density at radius 1 is 1.23 bits per heavy atom. The molecular weight excluding hydrogens is 527 g/mol. The van der Waals surface area contributed by atoms with Crippen LogP contribution in [0.5, 0.6) is 0 Å². The summed E-state index contributed by atoms with van der Waals surface area (Å²) in [5, 5.41) is 7.54. The first kappa shape index (κ1) is 23.3. The van der Waals surface area contributed by atoms with Gasteiger partial charge in [-0.25, -0.2) is 15.0 Å². The van der Waals surface area contributed by atoms with E-state index < -0.39 is 0 Å². The monoisotopic (exact) mass is 552 g/mol. The Morgan fingerprint density at radius 3 is 2.77 bits per heavy atom. The minimum atomic E-state index is 0. The number of halogens is 2. The number of guanidine groups is 1. The van der Waals surface area contributed by atoms with Gasteiger partial charge in [0.15, 0.2) is 5.96 Å². The van der Waals surface area contributed by atoms with Gasteiger partial charge < -0.3 is 15.5 Å². The van der Waals surface area contributed by atoms with E-state index >= 15 is 0 Å². The van der Waals surface area contributed by atoms with E-state index in [1.165, 1.54) is 0 Å². The molecule has 3 aromatic heterocycles. The van der Waals surface area contributed by atoms with Crippen LogP contribution in [-0.4, -0.2) is 51.7 Å². The molecule has 1 unspecified atom stereocenters. The molecular formula is C21H26ClIN8. The van der Waals surface area contributed by atoms with Crippen LogP contribution in [-0.2, 0) is 6.54 Å². The lowest BCUT2D eigenvalue weighted by Gasteiger charge is -2.20. The Labute approximate surface area is 204 Å². The van der Waals surface area contributed by atoms with Crippen molar-refractivity contribution in [3.05, 3.63) is 65.5 Å². The summed E-state index contributed by atoms with van der Waals surface area (Å²) in [6.45, 7) is 4.33. The van der Waals surface area contributed by atoms with Crippen LogP contribution in [0.3, 0.4) is 0 Å². The predicted molar refractivity (Wildman–Crippen MR) is 135 cm³/mol. The highest BCUT2D eigenvalue weighted by molar-refractivity contribution is 14.0. The molecule has 0 aromatic carbocycles. The third-order valence-corrected chi connectivity index (χ3v) is 5.43. The number of nitrogens with zero attached hydrogens (tertiary/aromatic N) is 6. The van der Waals surface area contributed by atoms with Crippen LogP contribution < -0.4 is 15.5 Å². The van der Waals surface area contributed by atoms with Crippen molar-refractivity contribution in [2.45, 2.75) is 25.9 Å². The summed E-state index contributed by atoms with van der Waals surface area (Å²) >= 11 is 6.28. The van der Waals surface area contributed by atoms with Gasteiger partial charge in [0.25, 0.3) is 0 Å². The van der Waals surface area contributed by atoms with E-state index in [0.717, 1.165) is 48.5 Å². The van der Waals surface area contributed by atoms with Gasteiger partial charge in [-0.1, -0.05) is 17.7 Å². The average Bonchev–Trinajstić information content (AvgIpc) is 3.41.